The van der Waals surface area contributed by atoms with Crippen LogP contribution in [0.15, 0.2) is 42.7 Å². The van der Waals surface area contributed by atoms with Gasteiger partial charge in [-0.15, -0.1) is 0 Å². The van der Waals surface area contributed by atoms with E-state index in [-0.39, 0.29) is 12.1 Å². The van der Waals surface area contributed by atoms with Gasteiger partial charge in [0.1, 0.15) is 18.2 Å². The third-order valence-electron chi connectivity index (χ3n) is 5.57. The Morgan fingerprint density at radius 3 is 2.62 bits per heavy atom. The Labute approximate surface area is 188 Å². The lowest BCUT2D eigenvalue weighted by atomic mass is 9.92. The van der Waals surface area contributed by atoms with Crippen LogP contribution in [0, 0.1) is 0 Å². The fourth-order valence-corrected chi connectivity index (χ4v) is 4.94. The van der Waals surface area contributed by atoms with Crippen molar-refractivity contribution in [2.45, 2.75) is 37.8 Å². The van der Waals surface area contributed by atoms with Crippen LogP contribution >= 0.6 is 0 Å². The number of hydrogen-bond acceptors (Lipinski definition) is 7. The van der Waals surface area contributed by atoms with E-state index in [1.54, 1.807) is 13.3 Å². The summed E-state index contributed by atoms with van der Waals surface area (Å²) < 4.78 is 38.5. The molecule has 0 unspecified atom stereocenters. The van der Waals surface area contributed by atoms with Crippen molar-refractivity contribution in [2.75, 3.05) is 31.9 Å². The minimum absolute atomic E-state index is 0.00171. The zero-order valence-corrected chi connectivity index (χ0v) is 19.1. The summed E-state index contributed by atoms with van der Waals surface area (Å²) in [4.78, 5) is 9.10. The zero-order valence-electron chi connectivity index (χ0n) is 18.3. The molecular weight excluding hydrogens is 430 g/mol. The monoisotopic (exact) mass is 459 g/mol. The molecule has 2 heterocycles. The molecule has 1 aromatic carbocycles. The highest BCUT2D eigenvalue weighted by Gasteiger charge is 2.23. The van der Waals surface area contributed by atoms with Crippen LogP contribution in [0.2, 0.25) is 0 Å². The number of fused-ring (bicyclic) bond motifs is 1. The predicted molar refractivity (Wildman–Crippen MR) is 124 cm³/mol. The number of methoxy groups -OCH3 is 1. The summed E-state index contributed by atoms with van der Waals surface area (Å²) in [6.07, 6.45) is 8.21. The average molecular weight is 460 g/mol. The normalized spacial score (nSPS) is 19.2. The number of anilines is 1. The van der Waals surface area contributed by atoms with Gasteiger partial charge in [0.15, 0.2) is 0 Å². The molecular formula is C22H29N5O4S. The fraction of sp³-hybridized carbons (Fsp3) is 0.455. The van der Waals surface area contributed by atoms with Crippen LogP contribution in [-0.4, -0.2) is 61.6 Å². The van der Waals surface area contributed by atoms with Gasteiger partial charge in [-0.05, 0) is 49.9 Å². The third kappa shape index (κ3) is 5.56. The third-order valence-corrected chi connectivity index (χ3v) is 6.33. The first kappa shape index (κ1) is 22.5. The van der Waals surface area contributed by atoms with Crippen LogP contribution in [-0.2, 0) is 14.8 Å². The van der Waals surface area contributed by atoms with Crippen LogP contribution in [0.5, 0.6) is 5.75 Å². The van der Waals surface area contributed by atoms with Gasteiger partial charge >= 0.3 is 0 Å². The molecule has 2 aromatic heterocycles. The Balaban J connectivity index is 1.46. The van der Waals surface area contributed by atoms with E-state index in [4.69, 9.17) is 14.5 Å². The first-order valence-corrected chi connectivity index (χ1v) is 12.6. The SMILES string of the molecule is COCCOc1cccc2c1ccn2-c1ccnc(NC2CCC(NS(C)(=O)=O)CC2)n1. The van der Waals surface area contributed by atoms with Gasteiger partial charge in [-0.2, -0.15) is 4.98 Å². The molecule has 2 N–H and O–H groups in total. The van der Waals surface area contributed by atoms with Crippen molar-refractivity contribution in [3.8, 4) is 11.6 Å². The van der Waals surface area contributed by atoms with Crippen molar-refractivity contribution >= 4 is 26.9 Å². The van der Waals surface area contributed by atoms with E-state index >= 15 is 0 Å². The van der Waals surface area contributed by atoms with Gasteiger partial charge in [-0.3, -0.25) is 0 Å². The molecule has 0 bridgehead atoms. The lowest BCUT2D eigenvalue weighted by Gasteiger charge is -2.29. The number of aromatic nitrogens is 3. The highest BCUT2D eigenvalue weighted by Crippen LogP contribution is 2.28. The van der Waals surface area contributed by atoms with Crippen LogP contribution in [0.3, 0.4) is 0 Å². The van der Waals surface area contributed by atoms with Gasteiger partial charge in [0.2, 0.25) is 16.0 Å². The zero-order chi connectivity index (χ0) is 22.6. The summed E-state index contributed by atoms with van der Waals surface area (Å²) in [5.74, 6) is 2.14. The van der Waals surface area contributed by atoms with Gasteiger partial charge < -0.3 is 19.4 Å². The van der Waals surface area contributed by atoms with E-state index in [0.29, 0.717) is 19.2 Å². The van der Waals surface area contributed by atoms with E-state index in [1.165, 1.54) is 6.26 Å². The predicted octanol–water partition coefficient (Wildman–Crippen LogP) is 2.72. The molecule has 4 rings (SSSR count). The van der Waals surface area contributed by atoms with E-state index in [9.17, 15) is 8.42 Å². The quantitative estimate of drug-likeness (QED) is 0.474. The highest BCUT2D eigenvalue weighted by atomic mass is 32.2. The second-order valence-electron chi connectivity index (χ2n) is 8.04. The van der Waals surface area contributed by atoms with Crippen molar-refractivity contribution in [2.24, 2.45) is 0 Å². The maximum atomic E-state index is 11.4. The topological polar surface area (TPSA) is 107 Å². The molecule has 0 saturated heterocycles. The molecule has 1 aliphatic carbocycles. The fourth-order valence-electron chi connectivity index (χ4n) is 4.09. The number of sulfonamides is 1. The lowest BCUT2D eigenvalue weighted by Crippen LogP contribution is -2.39. The highest BCUT2D eigenvalue weighted by molar-refractivity contribution is 7.88. The van der Waals surface area contributed by atoms with Gasteiger partial charge in [0.25, 0.3) is 0 Å². The van der Waals surface area contributed by atoms with Crippen molar-refractivity contribution < 1.29 is 17.9 Å². The van der Waals surface area contributed by atoms with Crippen molar-refractivity contribution in [1.82, 2.24) is 19.3 Å². The van der Waals surface area contributed by atoms with Crippen molar-refractivity contribution in [3.63, 3.8) is 0 Å². The number of nitrogens with one attached hydrogen (secondary N) is 2. The molecule has 9 nitrogen and oxygen atoms in total. The van der Waals surface area contributed by atoms with Gasteiger partial charge in [0, 0.05) is 37.0 Å². The Hall–Kier alpha value is -2.69. The van der Waals surface area contributed by atoms with Gasteiger partial charge in [0.05, 0.1) is 18.4 Å². The molecule has 0 atom stereocenters. The van der Waals surface area contributed by atoms with Crippen molar-refractivity contribution in [1.29, 1.82) is 0 Å². The molecule has 172 valence electrons. The van der Waals surface area contributed by atoms with Crippen molar-refractivity contribution in [3.05, 3.63) is 42.7 Å². The Morgan fingerprint density at radius 2 is 1.88 bits per heavy atom. The second-order valence-corrected chi connectivity index (χ2v) is 9.82. The molecule has 0 amide bonds. The van der Waals surface area contributed by atoms with Crippen LogP contribution in [0.25, 0.3) is 16.7 Å². The summed E-state index contributed by atoms with van der Waals surface area (Å²) >= 11 is 0. The molecule has 0 aliphatic heterocycles. The summed E-state index contributed by atoms with van der Waals surface area (Å²) in [6.45, 7) is 1.02. The van der Waals surface area contributed by atoms with Crippen LogP contribution in [0.1, 0.15) is 25.7 Å². The Bertz CT molecular complexity index is 1160. The summed E-state index contributed by atoms with van der Waals surface area (Å²) in [6, 6.07) is 10.0. The second kappa shape index (κ2) is 9.85. The van der Waals surface area contributed by atoms with E-state index in [0.717, 1.165) is 48.2 Å². The Kier molecular flexibility index (Phi) is 6.92. The molecule has 1 fully saturated rings. The molecule has 0 spiro atoms. The molecule has 1 saturated carbocycles. The minimum atomic E-state index is -3.17. The van der Waals surface area contributed by atoms with Crippen LogP contribution in [0.4, 0.5) is 5.95 Å². The molecule has 10 heteroatoms. The summed E-state index contributed by atoms with van der Waals surface area (Å²) in [7, 11) is -1.52. The number of nitrogens with zero attached hydrogens (tertiary/aromatic N) is 3. The van der Waals surface area contributed by atoms with Gasteiger partial charge in [-0.25, -0.2) is 18.1 Å². The number of ether oxygens (including phenoxy) is 2. The first-order valence-electron chi connectivity index (χ1n) is 10.7. The van der Waals surface area contributed by atoms with E-state index in [2.05, 4.69) is 15.0 Å². The largest absolute Gasteiger partial charge is 0.490 e. The number of hydrogen-bond donors (Lipinski definition) is 2. The smallest absolute Gasteiger partial charge is 0.224 e. The Morgan fingerprint density at radius 1 is 1.09 bits per heavy atom. The summed E-state index contributed by atoms with van der Waals surface area (Å²) in [5, 5.41) is 4.42. The number of rotatable bonds is 9. The summed E-state index contributed by atoms with van der Waals surface area (Å²) in [5.41, 5.74) is 0.997. The van der Waals surface area contributed by atoms with Crippen LogP contribution < -0.4 is 14.8 Å². The minimum Gasteiger partial charge on any atom is -0.490 e. The standard InChI is InChI=1S/C22H29N5O4S/c1-30-14-15-31-20-5-3-4-19-18(20)11-13-27(19)21-10-12-23-22(25-21)24-16-6-8-17(9-7-16)26-32(2,28)29/h3-5,10-13,16-17,26H,6-9,14-15H2,1-2H3,(H,23,24,25). The lowest BCUT2D eigenvalue weighted by molar-refractivity contribution is 0.147. The maximum absolute atomic E-state index is 11.4. The molecule has 3 aromatic rings. The van der Waals surface area contributed by atoms with E-state index in [1.807, 2.05) is 41.1 Å². The van der Waals surface area contributed by atoms with Gasteiger partial charge in [-0.1, -0.05) is 6.07 Å². The van der Waals surface area contributed by atoms with E-state index < -0.39 is 10.0 Å². The number of benzene rings is 1. The first-order chi connectivity index (χ1) is 15.4. The molecule has 0 radical (unpaired) electrons. The average Bonchev–Trinajstić information content (AvgIpc) is 3.20. The molecule has 1 aliphatic rings. The maximum Gasteiger partial charge on any atom is 0.224 e. The molecule has 32 heavy (non-hydrogen) atoms.